The molecule has 3 aromatic carbocycles. The second-order valence-corrected chi connectivity index (χ2v) is 9.29. The molecule has 2 N–H and O–H groups in total. The van der Waals surface area contributed by atoms with Gasteiger partial charge in [0.2, 0.25) is 0 Å². The van der Waals surface area contributed by atoms with Gasteiger partial charge in [-0.15, -0.1) is 0 Å². The standard InChI is InChI=1S/C25H26N2O5S/c1-5-32-25(29)20-7-6-8-21(14-20)26-24(28)19-11-9-17(3)23(15-19)33(30,31)27-22-12-10-16(2)18(4)13-22/h6-15,27H,5H2,1-4H3,(H,26,28). The topological polar surface area (TPSA) is 102 Å². The summed E-state index contributed by atoms with van der Waals surface area (Å²) in [7, 11) is -3.92. The van der Waals surface area contributed by atoms with E-state index in [-0.39, 0.29) is 17.1 Å². The maximum Gasteiger partial charge on any atom is 0.338 e. The Bertz CT molecular complexity index is 1320. The highest BCUT2D eigenvalue weighted by Crippen LogP contribution is 2.23. The largest absolute Gasteiger partial charge is 0.462 e. The lowest BCUT2D eigenvalue weighted by molar-refractivity contribution is 0.0526. The molecular weight excluding hydrogens is 440 g/mol. The number of carbonyl (C=O) groups is 2. The maximum atomic E-state index is 13.0. The second-order valence-electron chi connectivity index (χ2n) is 7.64. The van der Waals surface area contributed by atoms with E-state index in [1.165, 1.54) is 12.1 Å². The third kappa shape index (κ3) is 5.78. The van der Waals surface area contributed by atoms with Crippen molar-refractivity contribution in [3.8, 4) is 0 Å². The number of anilines is 2. The molecule has 172 valence electrons. The predicted molar refractivity (Wildman–Crippen MR) is 128 cm³/mol. The van der Waals surface area contributed by atoms with Crippen LogP contribution in [0.25, 0.3) is 0 Å². The normalized spacial score (nSPS) is 11.0. The van der Waals surface area contributed by atoms with Crippen molar-refractivity contribution in [3.05, 3.63) is 88.5 Å². The molecule has 8 heteroatoms. The van der Waals surface area contributed by atoms with Gasteiger partial charge in [-0.2, -0.15) is 0 Å². The summed E-state index contributed by atoms with van der Waals surface area (Å²) in [5.74, 6) is -0.992. The van der Waals surface area contributed by atoms with Gasteiger partial charge in [-0.05, 0) is 86.8 Å². The van der Waals surface area contributed by atoms with Gasteiger partial charge in [0, 0.05) is 16.9 Å². The van der Waals surface area contributed by atoms with Crippen molar-refractivity contribution in [2.45, 2.75) is 32.6 Å². The van der Waals surface area contributed by atoms with Gasteiger partial charge in [0.1, 0.15) is 0 Å². The molecule has 3 aromatic rings. The van der Waals surface area contributed by atoms with Crippen LogP contribution in [0.2, 0.25) is 0 Å². The first-order valence-corrected chi connectivity index (χ1v) is 11.9. The molecular formula is C25H26N2O5S. The quantitative estimate of drug-likeness (QED) is 0.485. The third-order valence-corrected chi connectivity index (χ3v) is 6.65. The first kappa shape index (κ1) is 24.0. The Morgan fingerprint density at radius 2 is 1.55 bits per heavy atom. The molecule has 0 aliphatic rings. The molecule has 0 aliphatic heterocycles. The van der Waals surface area contributed by atoms with Gasteiger partial charge < -0.3 is 10.1 Å². The van der Waals surface area contributed by atoms with Crippen molar-refractivity contribution in [3.63, 3.8) is 0 Å². The molecule has 0 atom stereocenters. The van der Waals surface area contributed by atoms with Crippen LogP contribution in [0.5, 0.6) is 0 Å². The van der Waals surface area contributed by atoms with Crippen LogP contribution in [0.3, 0.4) is 0 Å². The molecule has 0 spiro atoms. The average molecular weight is 467 g/mol. The summed E-state index contributed by atoms with van der Waals surface area (Å²) in [4.78, 5) is 24.7. The number of benzene rings is 3. The van der Waals surface area contributed by atoms with Gasteiger partial charge >= 0.3 is 5.97 Å². The monoisotopic (exact) mass is 466 g/mol. The molecule has 0 fully saturated rings. The number of esters is 1. The van der Waals surface area contributed by atoms with Crippen LogP contribution in [0.1, 0.15) is 44.3 Å². The molecule has 0 radical (unpaired) electrons. The Hall–Kier alpha value is -3.65. The number of amides is 1. The molecule has 0 aliphatic carbocycles. The molecule has 1 amide bonds. The van der Waals surface area contributed by atoms with E-state index < -0.39 is 21.9 Å². The highest BCUT2D eigenvalue weighted by Gasteiger charge is 2.20. The van der Waals surface area contributed by atoms with E-state index in [2.05, 4.69) is 10.0 Å². The number of aryl methyl sites for hydroxylation is 3. The Kier molecular flexibility index (Phi) is 7.18. The lowest BCUT2D eigenvalue weighted by Gasteiger charge is -2.13. The number of sulfonamides is 1. The van der Waals surface area contributed by atoms with Crippen molar-refractivity contribution in [2.75, 3.05) is 16.6 Å². The molecule has 7 nitrogen and oxygen atoms in total. The number of ether oxygens (including phenoxy) is 1. The van der Waals surface area contributed by atoms with E-state index in [9.17, 15) is 18.0 Å². The molecule has 0 aromatic heterocycles. The van der Waals surface area contributed by atoms with Crippen LogP contribution in [-0.2, 0) is 14.8 Å². The van der Waals surface area contributed by atoms with Gasteiger partial charge in [0.15, 0.2) is 0 Å². The first-order chi connectivity index (χ1) is 15.6. The zero-order chi connectivity index (χ0) is 24.2. The third-order valence-electron chi connectivity index (χ3n) is 5.13. The van der Waals surface area contributed by atoms with Gasteiger partial charge in [-0.3, -0.25) is 9.52 Å². The molecule has 0 unspecified atom stereocenters. The number of nitrogens with one attached hydrogen (secondary N) is 2. The molecule has 0 saturated heterocycles. The van der Waals surface area contributed by atoms with Gasteiger partial charge in [0.05, 0.1) is 17.1 Å². The van der Waals surface area contributed by atoms with Crippen molar-refractivity contribution in [1.82, 2.24) is 0 Å². The second kappa shape index (κ2) is 9.87. The van der Waals surface area contributed by atoms with E-state index >= 15 is 0 Å². The fourth-order valence-corrected chi connectivity index (χ4v) is 4.51. The number of rotatable bonds is 7. The molecule has 0 heterocycles. The van der Waals surface area contributed by atoms with Crippen LogP contribution in [-0.4, -0.2) is 26.9 Å². The van der Waals surface area contributed by atoms with Crippen LogP contribution < -0.4 is 10.0 Å². The van der Waals surface area contributed by atoms with Gasteiger partial charge in [0.25, 0.3) is 15.9 Å². The molecule has 3 rings (SSSR count). The smallest absolute Gasteiger partial charge is 0.338 e. The Morgan fingerprint density at radius 1 is 0.818 bits per heavy atom. The summed E-state index contributed by atoms with van der Waals surface area (Å²) in [6.07, 6.45) is 0. The van der Waals surface area contributed by atoms with E-state index in [1.54, 1.807) is 56.3 Å². The number of hydrogen-bond acceptors (Lipinski definition) is 5. The van der Waals surface area contributed by atoms with E-state index in [1.807, 2.05) is 19.9 Å². The van der Waals surface area contributed by atoms with E-state index in [0.29, 0.717) is 22.5 Å². The summed E-state index contributed by atoms with van der Waals surface area (Å²) >= 11 is 0. The summed E-state index contributed by atoms with van der Waals surface area (Å²) in [6.45, 7) is 7.47. The molecule has 0 saturated carbocycles. The fraction of sp³-hybridized carbons (Fsp3) is 0.200. The average Bonchev–Trinajstić information content (AvgIpc) is 2.76. The van der Waals surface area contributed by atoms with Crippen LogP contribution in [0, 0.1) is 20.8 Å². The van der Waals surface area contributed by atoms with E-state index in [4.69, 9.17) is 4.74 Å². The van der Waals surface area contributed by atoms with Crippen molar-refractivity contribution in [2.24, 2.45) is 0 Å². The van der Waals surface area contributed by atoms with Crippen LogP contribution in [0.4, 0.5) is 11.4 Å². The highest BCUT2D eigenvalue weighted by atomic mass is 32.2. The fourth-order valence-electron chi connectivity index (χ4n) is 3.19. The zero-order valence-corrected chi connectivity index (χ0v) is 19.7. The minimum Gasteiger partial charge on any atom is -0.462 e. The predicted octanol–water partition coefficient (Wildman–Crippen LogP) is 4.84. The SMILES string of the molecule is CCOC(=O)c1cccc(NC(=O)c2ccc(C)c(S(=O)(=O)Nc3ccc(C)c(C)c3)c2)c1. The Labute approximate surface area is 193 Å². The maximum absolute atomic E-state index is 13.0. The summed E-state index contributed by atoms with van der Waals surface area (Å²) < 4.78 is 33.6. The summed E-state index contributed by atoms with van der Waals surface area (Å²) in [5.41, 5.74) is 3.84. The number of hydrogen-bond donors (Lipinski definition) is 2. The molecule has 33 heavy (non-hydrogen) atoms. The zero-order valence-electron chi connectivity index (χ0n) is 18.9. The van der Waals surface area contributed by atoms with Gasteiger partial charge in [-0.25, -0.2) is 13.2 Å². The minimum absolute atomic E-state index is 0.00801. The van der Waals surface area contributed by atoms with Crippen LogP contribution in [0.15, 0.2) is 65.6 Å². The van der Waals surface area contributed by atoms with Gasteiger partial charge in [-0.1, -0.05) is 18.2 Å². The lowest BCUT2D eigenvalue weighted by Crippen LogP contribution is -2.17. The number of carbonyl (C=O) groups excluding carboxylic acids is 2. The Balaban J connectivity index is 1.84. The Morgan fingerprint density at radius 3 is 2.24 bits per heavy atom. The van der Waals surface area contributed by atoms with Crippen LogP contribution >= 0.6 is 0 Å². The summed E-state index contributed by atoms with van der Waals surface area (Å²) in [6, 6.07) is 16.1. The highest BCUT2D eigenvalue weighted by molar-refractivity contribution is 7.92. The lowest BCUT2D eigenvalue weighted by atomic mass is 10.1. The minimum atomic E-state index is -3.92. The van der Waals surface area contributed by atoms with E-state index in [0.717, 1.165) is 11.1 Å². The first-order valence-electron chi connectivity index (χ1n) is 10.4. The van der Waals surface area contributed by atoms with Crippen molar-refractivity contribution in [1.29, 1.82) is 0 Å². The van der Waals surface area contributed by atoms with Crippen molar-refractivity contribution >= 4 is 33.3 Å². The van der Waals surface area contributed by atoms with Crippen molar-refractivity contribution < 1.29 is 22.7 Å². The summed E-state index contributed by atoms with van der Waals surface area (Å²) in [5, 5.41) is 2.70. The molecule has 0 bridgehead atoms.